The highest BCUT2D eigenvalue weighted by atomic mass is 32.2. The van der Waals surface area contributed by atoms with Gasteiger partial charge in [-0.05, 0) is 35.4 Å². The Morgan fingerprint density at radius 2 is 1.59 bits per heavy atom. The maximum Gasteiger partial charge on any atom is 0.357 e. The van der Waals surface area contributed by atoms with E-state index in [0.717, 1.165) is 17.4 Å². The topological polar surface area (TPSA) is 91.1 Å². The van der Waals surface area contributed by atoms with Crippen LogP contribution in [0.15, 0.2) is 84.0 Å². The van der Waals surface area contributed by atoms with Gasteiger partial charge in [-0.15, -0.1) is 0 Å². The number of benzene rings is 2. The second-order valence-electron chi connectivity index (χ2n) is 7.29. The highest BCUT2D eigenvalue weighted by Gasteiger charge is 2.25. The number of ether oxygens (including phenoxy) is 1. The van der Waals surface area contributed by atoms with Crippen molar-refractivity contribution in [3.8, 4) is 22.4 Å². The zero-order valence-corrected chi connectivity index (χ0v) is 18.4. The second-order valence-corrected chi connectivity index (χ2v) is 9.31. The molecule has 0 bridgehead atoms. The Labute approximate surface area is 186 Å². The van der Waals surface area contributed by atoms with Crippen LogP contribution in [0.1, 0.15) is 16.1 Å². The first kappa shape index (κ1) is 21.5. The van der Waals surface area contributed by atoms with Gasteiger partial charge in [0.15, 0.2) is 15.5 Å². The predicted molar refractivity (Wildman–Crippen MR) is 121 cm³/mol. The maximum absolute atomic E-state index is 13.1. The van der Waals surface area contributed by atoms with Crippen LogP contribution in [0.25, 0.3) is 22.4 Å². The van der Waals surface area contributed by atoms with E-state index in [1.54, 1.807) is 43.7 Å². The van der Waals surface area contributed by atoms with Crippen molar-refractivity contribution < 1.29 is 17.9 Å². The smallest absolute Gasteiger partial charge is 0.357 e. The summed E-state index contributed by atoms with van der Waals surface area (Å²) in [4.78, 5) is 17.4. The van der Waals surface area contributed by atoms with Crippen molar-refractivity contribution in [1.82, 2.24) is 14.8 Å². The van der Waals surface area contributed by atoms with E-state index in [0.29, 0.717) is 22.5 Å². The molecule has 2 aromatic carbocycles. The molecule has 0 aliphatic rings. The average molecular weight is 448 g/mol. The van der Waals surface area contributed by atoms with Crippen LogP contribution in [0, 0.1) is 0 Å². The van der Waals surface area contributed by atoms with E-state index >= 15 is 0 Å². The van der Waals surface area contributed by atoms with Gasteiger partial charge in [0, 0.05) is 36.8 Å². The summed E-state index contributed by atoms with van der Waals surface area (Å²) in [5.41, 5.74) is 3.76. The molecule has 0 radical (unpaired) electrons. The minimum atomic E-state index is -3.32. The number of rotatable bonds is 6. The molecule has 7 nitrogen and oxygen atoms in total. The zero-order chi connectivity index (χ0) is 22.7. The molecule has 2 aromatic heterocycles. The van der Waals surface area contributed by atoms with Crippen LogP contribution in [0.4, 0.5) is 0 Å². The Bertz CT molecular complexity index is 1350. The minimum absolute atomic E-state index is 0.138. The molecular formula is C24H21N3O4S. The molecule has 8 heteroatoms. The summed E-state index contributed by atoms with van der Waals surface area (Å²) in [5, 5.41) is 4.57. The lowest BCUT2D eigenvalue weighted by atomic mass is 9.99. The molecule has 0 fully saturated rings. The molecule has 0 unspecified atom stereocenters. The number of aryl methyl sites for hydroxylation is 1. The SMILES string of the molecule is Cn1nc(-c2ccc(S(C)(=O)=O)cc2)c(-c2ccncc2)c1C(=O)OCc1ccccc1. The number of carbonyl (C=O) groups excluding carboxylic acids is 1. The Hall–Kier alpha value is -3.78. The predicted octanol–water partition coefficient (Wildman–Crippen LogP) is 3.91. The number of hydrogen-bond acceptors (Lipinski definition) is 6. The molecule has 32 heavy (non-hydrogen) atoms. The van der Waals surface area contributed by atoms with Crippen LogP contribution in [-0.2, 0) is 28.2 Å². The van der Waals surface area contributed by atoms with Gasteiger partial charge in [-0.1, -0.05) is 42.5 Å². The summed E-state index contributed by atoms with van der Waals surface area (Å²) < 4.78 is 30.7. The second kappa shape index (κ2) is 8.76. The first-order valence-corrected chi connectivity index (χ1v) is 11.7. The molecule has 0 spiro atoms. The van der Waals surface area contributed by atoms with Gasteiger partial charge in [0.05, 0.1) is 4.90 Å². The molecule has 4 rings (SSSR count). The van der Waals surface area contributed by atoms with Crippen LogP contribution in [-0.4, -0.2) is 35.4 Å². The Kier molecular flexibility index (Phi) is 5.87. The summed E-state index contributed by atoms with van der Waals surface area (Å²) in [5.74, 6) is -0.505. The number of nitrogens with zero attached hydrogens (tertiary/aromatic N) is 3. The number of aromatic nitrogens is 3. The van der Waals surface area contributed by atoms with Gasteiger partial charge in [0.25, 0.3) is 0 Å². The molecular weight excluding hydrogens is 426 g/mol. The lowest BCUT2D eigenvalue weighted by molar-refractivity contribution is 0.0461. The van der Waals surface area contributed by atoms with Crippen molar-refractivity contribution in [3.63, 3.8) is 0 Å². The van der Waals surface area contributed by atoms with Gasteiger partial charge in [0.1, 0.15) is 12.3 Å². The molecule has 0 saturated heterocycles. The lowest BCUT2D eigenvalue weighted by Gasteiger charge is -2.09. The van der Waals surface area contributed by atoms with E-state index in [2.05, 4.69) is 10.1 Å². The molecule has 0 aliphatic carbocycles. The highest BCUT2D eigenvalue weighted by Crippen LogP contribution is 2.35. The molecule has 0 aliphatic heterocycles. The van der Waals surface area contributed by atoms with Gasteiger partial charge in [-0.25, -0.2) is 13.2 Å². The lowest BCUT2D eigenvalue weighted by Crippen LogP contribution is -2.12. The number of esters is 1. The van der Waals surface area contributed by atoms with Gasteiger partial charge in [0.2, 0.25) is 0 Å². The largest absolute Gasteiger partial charge is 0.456 e. The van der Waals surface area contributed by atoms with E-state index in [1.165, 1.54) is 16.8 Å². The quantitative estimate of drug-likeness (QED) is 0.416. The third-order valence-corrected chi connectivity index (χ3v) is 6.11. The fraction of sp³-hybridized carbons (Fsp3) is 0.125. The fourth-order valence-electron chi connectivity index (χ4n) is 3.40. The Morgan fingerprint density at radius 1 is 0.938 bits per heavy atom. The Morgan fingerprint density at radius 3 is 2.22 bits per heavy atom. The number of pyridine rings is 1. The van der Waals surface area contributed by atoms with Gasteiger partial charge in [-0.3, -0.25) is 9.67 Å². The molecule has 162 valence electrons. The number of carbonyl (C=O) groups is 1. The summed E-state index contributed by atoms with van der Waals surface area (Å²) in [6.45, 7) is 0.138. The first-order valence-electron chi connectivity index (χ1n) is 9.83. The van der Waals surface area contributed by atoms with Crippen molar-refractivity contribution in [2.75, 3.05) is 6.26 Å². The standard InChI is InChI=1S/C24H21N3O4S/c1-27-23(24(28)31-16-17-6-4-3-5-7-17)21(18-12-14-25-15-13-18)22(26-27)19-8-10-20(11-9-19)32(2,29)30/h3-15H,16H2,1-2H3. The van der Waals surface area contributed by atoms with Crippen molar-refractivity contribution in [2.24, 2.45) is 7.05 Å². The molecule has 0 N–H and O–H groups in total. The third kappa shape index (κ3) is 4.45. The van der Waals surface area contributed by atoms with Crippen molar-refractivity contribution in [3.05, 3.63) is 90.4 Å². The normalized spacial score (nSPS) is 11.3. The third-order valence-electron chi connectivity index (χ3n) is 4.98. The summed E-state index contributed by atoms with van der Waals surface area (Å²) in [6, 6.07) is 19.4. The first-order chi connectivity index (χ1) is 15.3. The summed E-state index contributed by atoms with van der Waals surface area (Å²) in [7, 11) is -1.64. The average Bonchev–Trinajstić information content (AvgIpc) is 3.15. The van der Waals surface area contributed by atoms with E-state index in [1.807, 2.05) is 30.3 Å². The Balaban J connectivity index is 1.77. The van der Waals surface area contributed by atoms with Crippen molar-refractivity contribution in [1.29, 1.82) is 0 Å². The van der Waals surface area contributed by atoms with Crippen LogP contribution in [0.2, 0.25) is 0 Å². The van der Waals surface area contributed by atoms with Gasteiger partial charge >= 0.3 is 5.97 Å². The molecule has 2 heterocycles. The van der Waals surface area contributed by atoms with Gasteiger partial charge < -0.3 is 4.74 Å². The summed E-state index contributed by atoms with van der Waals surface area (Å²) in [6.07, 6.45) is 4.43. The van der Waals surface area contributed by atoms with Crippen LogP contribution in [0.3, 0.4) is 0 Å². The van der Waals surface area contributed by atoms with Crippen LogP contribution in [0.5, 0.6) is 0 Å². The van der Waals surface area contributed by atoms with Crippen molar-refractivity contribution >= 4 is 15.8 Å². The summed E-state index contributed by atoms with van der Waals surface area (Å²) >= 11 is 0. The number of sulfone groups is 1. The van der Waals surface area contributed by atoms with E-state index in [4.69, 9.17) is 4.74 Å². The molecule has 0 atom stereocenters. The number of hydrogen-bond donors (Lipinski definition) is 0. The van der Waals surface area contributed by atoms with E-state index < -0.39 is 15.8 Å². The fourth-order valence-corrected chi connectivity index (χ4v) is 4.03. The van der Waals surface area contributed by atoms with E-state index in [9.17, 15) is 13.2 Å². The van der Waals surface area contributed by atoms with Crippen LogP contribution >= 0.6 is 0 Å². The molecule has 4 aromatic rings. The highest BCUT2D eigenvalue weighted by molar-refractivity contribution is 7.90. The minimum Gasteiger partial charge on any atom is -0.456 e. The molecule has 0 saturated carbocycles. The van der Waals surface area contributed by atoms with Crippen LogP contribution < -0.4 is 0 Å². The monoisotopic (exact) mass is 447 g/mol. The zero-order valence-electron chi connectivity index (χ0n) is 17.6. The van der Waals surface area contributed by atoms with Crippen molar-refractivity contribution in [2.45, 2.75) is 11.5 Å². The maximum atomic E-state index is 13.1. The van der Waals surface area contributed by atoms with E-state index in [-0.39, 0.29) is 11.5 Å². The van der Waals surface area contributed by atoms with Gasteiger partial charge in [-0.2, -0.15) is 5.10 Å². The molecule has 0 amide bonds.